The van der Waals surface area contributed by atoms with Crippen LogP contribution in [0.3, 0.4) is 0 Å². The predicted molar refractivity (Wildman–Crippen MR) is 145 cm³/mol. The minimum absolute atomic E-state index is 0.0793. The second kappa shape index (κ2) is 9.30. The fraction of sp³-hybridized carbons (Fsp3) is 0.250. The summed E-state index contributed by atoms with van der Waals surface area (Å²) < 4.78 is 29.1. The van der Waals surface area contributed by atoms with Gasteiger partial charge in [-0.2, -0.15) is 0 Å². The lowest BCUT2D eigenvalue weighted by Gasteiger charge is -2.20. The molecule has 0 radical (unpaired) electrons. The molecule has 1 atom stereocenters. The van der Waals surface area contributed by atoms with Crippen molar-refractivity contribution >= 4 is 38.1 Å². The number of nitrogens with zero attached hydrogens (tertiary/aromatic N) is 1. The molecule has 3 N–H and O–H groups in total. The van der Waals surface area contributed by atoms with Crippen LogP contribution in [0.15, 0.2) is 65.7 Å². The molecule has 1 heterocycles. The highest BCUT2D eigenvalue weighted by molar-refractivity contribution is 7.92. The number of sulfonamides is 1. The molecule has 0 bridgehead atoms. The van der Waals surface area contributed by atoms with Gasteiger partial charge in [0.15, 0.2) is 0 Å². The van der Waals surface area contributed by atoms with E-state index >= 15 is 0 Å². The zero-order valence-electron chi connectivity index (χ0n) is 20.8. The van der Waals surface area contributed by atoms with E-state index in [0.717, 1.165) is 11.1 Å². The fourth-order valence-corrected chi connectivity index (χ4v) is 5.48. The summed E-state index contributed by atoms with van der Waals surface area (Å²) >= 11 is 6.36. The van der Waals surface area contributed by atoms with Gasteiger partial charge in [0.25, 0.3) is 10.0 Å². The van der Waals surface area contributed by atoms with Crippen LogP contribution >= 0.6 is 11.6 Å². The van der Waals surface area contributed by atoms with Gasteiger partial charge in [0.05, 0.1) is 21.0 Å². The monoisotopic (exact) mass is 524 g/mol. The minimum atomic E-state index is -4.00. The zero-order chi connectivity index (χ0) is 26.4. The molecular weight excluding hydrogens is 496 g/mol. The Morgan fingerprint density at radius 1 is 0.972 bits per heavy atom. The molecule has 0 aliphatic rings. The molecule has 0 aliphatic carbocycles. The minimum Gasteiger partial charge on any atom is -0.507 e. The molecule has 6 nitrogen and oxygen atoms in total. The molecule has 188 valence electrons. The Bertz CT molecular complexity index is 1540. The van der Waals surface area contributed by atoms with E-state index < -0.39 is 10.0 Å². The van der Waals surface area contributed by atoms with Crippen molar-refractivity contribution in [3.05, 3.63) is 88.2 Å². The van der Waals surface area contributed by atoms with Gasteiger partial charge in [-0.1, -0.05) is 57.5 Å². The number of phenols is 2. The number of aromatic nitrogens is 1. The normalized spacial score (nSPS) is 13.1. The van der Waals surface area contributed by atoms with Crippen LogP contribution < -0.4 is 4.72 Å². The molecule has 0 saturated heterocycles. The molecule has 8 heteroatoms. The quantitative estimate of drug-likeness (QED) is 0.248. The number of aromatic hydroxyl groups is 2. The van der Waals surface area contributed by atoms with Gasteiger partial charge in [-0.05, 0) is 59.9 Å². The Labute approximate surface area is 216 Å². The van der Waals surface area contributed by atoms with Gasteiger partial charge in [0.1, 0.15) is 11.5 Å². The molecule has 0 spiro atoms. The number of halogens is 1. The molecule has 3 aromatic carbocycles. The topological polar surface area (TPSA) is 99.5 Å². The summed E-state index contributed by atoms with van der Waals surface area (Å²) in [6.45, 7) is 9.93. The second-order valence-corrected chi connectivity index (χ2v) is 12.1. The van der Waals surface area contributed by atoms with Crippen molar-refractivity contribution in [2.45, 2.75) is 50.8 Å². The van der Waals surface area contributed by atoms with E-state index in [0.29, 0.717) is 11.3 Å². The summed E-state index contributed by atoms with van der Waals surface area (Å²) in [6.07, 6.45) is 1.73. The molecule has 0 saturated carbocycles. The largest absolute Gasteiger partial charge is 0.507 e. The highest BCUT2D eigenvalue weighted by Gasteiger charge is 2.24. The van der Waals surface area contributed by atoms with Gasteiger partial charge in [0, 0.05) is 28.8 Å². The number of benzene rings is 3. The number of nitrogens with one attached hydrogen (secondary N) is 1. The van der Waals surface area contributed by atoms with E-state index in [2.05, 4.69) is 30.5 Å². The van der Waals surface area contributed by atoms with Crippen molar-refractivity contribution in [2.24, 2.45) is 0 Å². The first-order valence-corrected chi connectivity index (χ1v) is 13.4. The van der Waals surface area contributed by atoms with Crippen LogP contribution in [0.25, 0.3) is 10.8 Å². The number of anilines is 1. The van der Waals surface area contributed by atoms with Crippen LogP contribution in [0, 0.1) is 6.92 Å². The van der Waals surface area contributed by atoms with E-state index in [1.54, 1.807) is 30.5 Å². The summed E-state index contributed by atoms with van der Waals surface area (Å²) in [4.78, 5) is 4.52. The van der Waals surface area contributed by atoms with Crippen molar-refractivity contribution in [3.8, 4) is 11.5 Å². The standard InChI is InChI=1S/C28H29ClN2O4S/c1-16-6-12-22(30-15-16)17(2)20-14-24(32)25-21(29)11-13-23(26(25)27(20)33)31-36(34,35)19-9-7-18(8-10-19)28(3,4)5/h6-15,17,31-33H,1-5H3. The molecule has 0 amide bonds. The van der Waals surface area contributed by atoms with Crippen LogP contribution in [0.5, 0.6) is 11.5 Å². The van der Waals surface area contributed by atoms with Gasteiger partial charge < -0.3 is 10.2 Å². The number of pyridine rings is 1. The maximum Gasteiger partial charge on any atom is 0.261 e. The molecule has 1 aromatic heterocycles. The van der Waals surface area contributed by atoms with Crippen LogP contribution in [0.4, 0.5) is 5.69 Å². The molecule has 4 rings (SSSR count). The van der Waals surface area contributed by atoms with Crippen molar-refractivity contribution in [1.29, 1.82) is 0 Å². The Morgan fingerprint density at radius 3 is 2.22 bits per heavy atom. The molecule has 4 aromatic rings. The third kappa shape index (κ3) is 4.86. The van der Waals surface area contributed by atoms with E-state index in [1.807, 2.05) is 26.0 Å². The number of rotatable bonds is 5. The van der Waals surface area contributed by atoms with Crippen molar-refractivity contribution in [2.75, 3.05) is 4.72 Å². The summed E-state index contributed by atoms with van der Waals surface area (Å²) in [5.74, 6) is -0.729. The predicted octanol–water partition coefficient (Wildman–Crippen LogP) is 6.86. The highest BCUT2D eigenvalue weighted by Crippen LogP contribution is 2.46. The number of hydrogen-bond acceptors (Lipinski definition) is 5. The number of phenolic OH excluding ortho intramolecular Hbond substituents is 2. The maximum absolute atomic E-state index is 13.3. The number of fused-ring (bicyclic) bond motifs is 1. The number of hydrogen-bond donors (Lipinski definition) is 3. The van der Waals surface area contributed by atoms with Crippen LogP contribution in [0.1, 0.15) is 56.0 Å². The van der Waals surface area contributed by atoms with E-state index in [1.165, 1.54) is 18.2 Å². The van der Waals surface area contributed by atoms with E-state index in [9.17, 15) is 18.6 Å². The molecule has 36 heavy (non-hydrogen) atoms. The second-order valence-electron chi connectivity index (χ2n) is 10.0. The van der Waals surface area contributed by atoms with Crippen LogP contribution in [0.2, 0.25) is 5.02 Å². The summed E-state index contributed by atoms with van der Waals surface area (Å²) in [6, 6.07) is 14.8. The third-order valence-corrected chi connectivity index (χ3v) is 8.03. The lowest BCUT2D eigenvalue weighted by atomic mass is 9.87. The van der Waals surface area contributed by atoms with Crippen molar-refractivity contribution in [1.82, 2.24) is 4.98 Å². The molecule has 0 aliphatic heterocycles. The smallest absolute Gasteiger partial charge is 0.261 e. The highest BCUT2D eigenvalue weighted by atomic mass is 35.5. The van der Waals surface area contributed by atoms with Crippen molar-refractivity contribution in [3.63, 3.8) is 0 Å². The average Bonchev–Trinajstić information content (AvgIpc) is 2.82. The first-order valence-electron chi connectivity index (χ1n) is 11.5. The lowest BCUT2D eigenvalue weighted by molar-refractivity contribution is 0.461. The first kappa shape index (κ1) is 25.8. The van der Waals surface area contributed by atoms with E-state index in [4.69, 9.17) is 11.6 Å². The van der Waals surface area contributed by atoms with Crippen LogP contribution in [-0.2, 0) is 15.4 Å². The summed E-state index contributed by atoms with van der Waals surface area (Å²) in [5.41, 5.74) is 3.07. The fourth-order valence-electron chi connectivity index (χ4n) is 4.15. The molecule has 0 fully saturated rings. The Morgan fingerprint density at radius 2 is 1.64 bits per heavy atom. The number of aryl methyl sites for hydroxylation is 1. The van der Waals surface area contributed by atoms with Crippen LogP contribution in [-0.4, -0.2) is 23.6 Å². The SMILES string of the molecule is Cc1ccc(C(C)c2cc(O)c3c(Cl)ccc(NS(=O)(=O)c4ccc(C(C)(C)C)cc4)c3c2O)nc1. The average molecular weight is 525 g/mol. The molecule has 1 unspecified atom stereocenters. The summed E-state index contributed by atoms with van der Waals surface area (Å²) in [7, 11) is -4.00. The van der Waals surface area contributed by atoms with Gasteiger partial charge in [0.2, 0.25) is 0 Å². The maximum atomic E-state index is 13.3. The zero-order valence-corrected chi connectivity index (χ0v) is 22.4. The van der Waals surface area contributed by atoms with Gasteiger partial charge >= 0.3 is 0 Å². The summed E-state index contributed by atoms with van der Waals surface area (Å²) in [5, 5.41) is 22.6. The third-order valence-electron chi connectivity index (χ3n) is 6.33. The Kier molecular flexibility index (Phi) is 6.66. The Hall–Kier alpha value is -3.29. The Balaban J connectivity index is 1.83. The van der Waals surface area contributed by atoms with Gasteiger partial charge in [-0.15, -0.1) is 0 Å². The van der Waals surface area contributed by atoms with E-state index in [-0.39, 0.29) is 49.2 Å². The van der Waals surface area contributed by atoms with Gasteiger partial charge in [-0.25, -0.2) is 8.42 Å². The first-order chi connectivity index (χ1) is 16.8. The molecular formula is C28H29ClN2O4S. The van der Waals surface area contributed by atoms with Crippen molar-refractivity contribution < 1.29 is 18.6 Å². The lowest BCUT2D eigenvalue weighted by Crippen LogP contribution is -2.15. The van der Waals surface area contributed by atoms with Gasteiger partial charge in [-0.3, -0.25) is 9.71 Å².